The fraction of sp³-hybridized carbons (Fsp3) is 0.538. The van der Waals surface area contributed by atoms with Gasteiger partial charge in [0.15, 0.2) is 0 Å². The van der Waals surface area contributed by atoms with E-state index in [1.807, 2.05) is 0 Å². The molecule has 1 atom stereocenters. The van der Waals surface area contributed by atoms with Gasteiger partial charge in [0, 0.05) is 25.3 Å². The van der Waals surface area contributed by atoms with E-state index in [1.165, 1.54) is 16.8 Å². The van der Waals surface area contributed by atoms with Crippen LogP contribution in [0.5, 0.6) is 0 Å². The molecule has 2 heteroatoms. The highest BCUT2D eigenvalue weighted by Gasteiger charge is 2.12. The van der Waals surface area contributed by atoms with Gasteiger partial charge in [0.25, 0.3) is 0 Å². The van der Waals surface area contributed by atoms with E-state index in [0.29, 0.717) is 12.6 Å². The maximum atomic E-state index is 5.76. The lowest BCUT2D eigenvalue weighted by atomic mass is 10.1. The molecule has 0 fully saturated rings. The number of nitrogens with two attached hydrogens (primary N) is 1. The maximum absolute atomic E-state index is 5.76. The van der Waals surface area contributed by atoms with Gasteiger partial charge in [-0.2, -0.15) is 0 Å². The Morgan fingerprint density at radius 3 is 2.47 bits per heavy atom. The summed E-state index contributed by atoms with van der Waals surface area (Å²) in [4.78, 5) is 2.29. The SMILES string of the molecule is CCC(CN)N(C)c1ccc(C)cc1C. The first-order valence-corrected chi connectivity index (χ1v) is 5.60. The molecule has 2 N–H and O–H groups in total. The summed E-state index contributed by atoms with van der Waals surface area (Å²) in [5.41, 5.74) is 9.68. The minimum atomic E-state index is 0.436. The molecule has 0 aliphatic heterocycles. The smallest absolute Gasteiger partial charge is 0.0406 e. The van der Waals surface area contributed by atoms with Crippen molar-refractivity contribution in [3.05, 3.63) is 29.3 Å². The molecule has 2 nitrogen and oxygen atoms in total. The second-order valence-electron chi connectivity index (χ2n) is 4.20. The number of anilines is 1. The van der Waals surface area contributed by atoms with Gasteiger partial charge in [-0.1, -0.05) is 24.6 Å². The normalized spacial score (nSPS) is 12.6. The van der Waals surface area contributed by atoms with Crippen molar-refractivity contribution in [2.45, 2.75) is 33.2 Å². The van der Waals surface area contributed by atoms with Crippen LogP contribution in [-0.4, -0.2) is 19.6 Å². The van der Waals surface area contributed by atoms with Crippen molar-refractivity contribution >= 4 is 5.69 Å². The van der Waals surface area contributed by atoms with E-state index in [-0.39, 0.29) is 0 Å². The summed E-state index contributed by atoms with van der Waals surface area (Å²) in [7, 11) is 2.12. The summed E-state index contributed by atoms with van der Waals surface area (Å²) in [6, 6.07) is 6.99. The molecular weight excluding hydrogens is 184 g/mol. The number of hydrogen-bond acceptors (Lipinski definition) is 2. The zero-order chi connectivity index (χ0) is 11.4. The summed E-state index contributed by atoms with van der Waals surface area (Å²) in [5.74, 6) is 0. The predicted molar refractivity (Wildman–Crippen MR) is 67.5 cm³/mol. The van der Waals surface area contributed by atoms with Crippen LogP contribution in [0.2, 0.25) is 0 Å². The Morgan fingerprint density at radius 2 is 2.00 bits per heavy atom. The molecule has 15 heavy (non-hydrogen) atoms. The van der Waals surface area contributed by atoms with Gasteiger partial charge in [0.2, 0.25) is 0 Å². The van der Waals surface area contributed by atoms with Crippen molar-refractivity contribution in [3.63, 3.8) is 0 Å². The quantitative estimate of drug-likeness (QED) is 0.820. The monoisotopic (exact) mass is 206 g/mol. The highest BCUT2D eigenvalue weighted by atomic mass is 15.1. The molecule has 1 aromatic carbocycles. The van der Waals surface area contributed by atoms with Crippen molar-refractivity contribution in [3.8, 4) is 0 Å². The topological polar surface area (TPSA) is 29.3 Å². The summed E-state index contributed by atoms with van der Waals surface area (Å²) < 4.78 is 0. The van der Waals surface area contributed by atoms with Gasteiger partial charge >= 0.3 is 0 Å². The van der Waals surface area contributed by atoms with Crippen molar-refractivity contribution in [2.75, 3.05) is 18.5 Å². The molecule has 1 rings (SSSR count). The number of rotatable bonds is 4. The zero-order valence-corrected chi connectivity index (χ0v) is 10.2. The Balaban J connectivity index is 2.94. The second kappa shape index (κ2) is 5.17. The van der Waals surface area contributed by atoms with Crippen LogP contribution < -0.4 is 10.6 Å². The third kappa shape index (κ3) is 2.72. The molecule has 0 heterocycles. The molecule has 0 saturated heterocycles. The van der Waals surface area contributed by atoms with E-state index in [9.17, 15) is 0 Å². The molecule has 0 radical (unpaired) electrons. The van der Waals surface area contributed by atoms with E-state index < -0.39 is 0 Å². The van der Waals surface area contributed by atoms with Crippen molar-refractivity contribution < 1.29 is 0 Å². The van der Waals surface area contributed by atoms with Crippen molar-refractivity contribution in [1.82, 2.24) is 0 Å². The highest BCUT2D eigenvalue weighted by Crippen LogP contribution is 2.22. The lowest BCUT2D eigenvalue weighted by molar-refractivity contribution is 0.618. The zero-order valence-electron chi connectivity index (χ0n) is 10.2. The first kappa shape index (κ1) is 12.1. The van der Waals surface area contributed by atoms with E-state index >= 15 is 0 Å². The Bertz CT molecular complexity index is 316. The van der Waals surface area contributed by atoms with Gasteiger partial charge in [0.1, 0.15) is 0 Å². The van der Waals surface area contributed by atoms with E-state index in [4.69, 9.17) is 5.73 Å². The molecule has 0 spiro atoms. The third-order valence-corrected chi connectivity index (χ3v) is 3.02. The number of nitrogens with zero attached hydrogens (tertiary/aromatic N) is 1. The Hall–Kier alpha value is -1.02. The summed E-state index contributed by atoms with van der Waals surface area (Å²) in [6.07, 6.45) is 1.08. The fourth-order valence-corrected chi connectivity index (χ4v) is 2.00. The van der Waals surface area contributed by atoms with Crippen LogP contribution in [0, 0.1) is 13.8 Å². The Labute approximate surface area is 93.1 Å². The standard InChI is InChI=1S/C13H22N2/c1-5-12(9-14)15(4)13-7-6-10(2)8-11(13)3/h6-8,12H,5,9,14H2,1-4H3. The number of aryl methyl sites for hydroxylation is 2. The maximum Gasteiger partial charge on any atom is 0.0406 e. The van der Waals surface area contributed by atoms with Crippen LogP contribution in [0.4, 0.5) is 5.69 Å². The van der Waals surface area contributed by atoms with Crippen LogP contribution in [0.15, 0.2) is 18.2 Å². The molecule has 0 bridgehead atoms. The van der Waals surface area contributed by atoms with Gasteiger partial charge in [-0.15, -0.1) is 0 Å². The Kier molecular flexibility index (Phi) is 4.15. The van der Waals surface area contributed by atoms with E-state index in [0.717, 1.165) is 6.42 Å². The van der Waals surface area contributed by atoms with Crippen LogP contribution in [0.3, 0.4) is 0 Å². The Morgan fingerprint density at radius 1 is 1.33 bits per heavy atom. The molecular formula is C13H22N2. The molecule has 0 amide bonds. The average Bonchev–Trinajstić information content (AvgIpc) is 2.19. The third-order valence-electron chi connectivity index (χ3n) is 3.02. The predicted octanol–water partition coefficient (Wildman–Crippen LogP) is 2.48. The van der Waals surface area contributed by atoms with Crippen LogP contribution in [0.25, 0.3) is 0 Å². The first-order valence-electron chi connectivity index (χ1n) is 5.60. The molecule has 1 aromatic rings. The van der Waals surface area contributed by atoms with Crippen molar-refractivity contribution in [1.29, 1.82) is 0 Å². The van der Waals surface area contributed by atoms with Gasteiger partial charge in [0.05, 0.1) is 0 Å². The van der Waals surface area contributed by atoms with Crippen LogP contribution in [0.1, 0.15) is 24.5 Å². The number of hydrogen-bond donors (Lipinski definition) is 1. The minimum Gasteiger partial charge on any atom is -0.370 e. The molecule has 1 unspecified atom stereocenters. The lowest BCUT2D eigenvalue weighted by Gasteiger charge is -2.29. The molecule has 0 saturated carbocycles. The molecule has 0 aromatic heterocycles. The highest BCUT2D eigenvalue weighted by molar-refractivity contribution is 5.54. The molecule has 84 valence electrons. The van der Waals surface area contributed by atoms with Crippen molar-refractivity contribution in [2.24, 2.45) is 5.73 Å². The summed E-state index contributed by atoms with van der Waals surface area (Å²) in [5, 5.41) is 0. The minimum absolute atomic E-state index is 0.436. The molecule has 0 aliphatic rings. The summed E-state index contributed by atoms with van der Waals surface area (Å²) >= 11 is 0. The fourth-order valence-electron chi connectivity index (χ4n) is 2.00. The van der Waals surface area contributed by atoms with E-state index in [2.05, 4.69) is 50.9 Å². The average molecular weight is 206 g/mol. The van der Waals surface area contributed by atoms with E-state index in [1.54, 1.807) is 0 Å². The van der Waals surface area contributed by atoms with Gasteiger partial charge in [-0.3, -0.25) is 0 Å². The summed E-state index contributed by atoms with van der Waals surface area (Å²) in [6.45, 7) is 7.16. The van der Waals surface area contributed by atoms with Gasteiger partial charge in [-0.25, -0.2) is 0 Å². The van der Waals surface area contributed by atoms with Gasteiger partial charge in [-0.05, 0) is 31.9 Å². The van der Waals surface area contributed by atoms with Crippen LogP contribution in [-0.2, 0) is 0 Å². The van der Waals surface area contributed by atoms with Gasteiger partial charge < -0.3 is 10.6 Å². The van der Waals surface area contributed by atoms with Crippen LogP contribution >= 0.6 is 0 Å². The second-order valence-corrected chi connectivity index (χ2v) is 4.20. The first-order chi connectivity index (χ1) is 7.10. The largest absolute Gasteiger partial charge is 0.370 e. The lowest BCUT2D eigenvalue weighted by Crippen LogP contribution is -2.37. The number of likely N-dealkylation sites (N-methyl/N-ethyl adjacent to an activating group) is 1. The molecule has 0 aliphatic carbocycles. The number of benzene rings is 1.